The molecule has 0 heterocycles. The van der Waals surface area contributed by atoms with Crippen LogP contribution < -0.4 is 0 Å². The Labute approximate surface area is 128 Å². The van der Waals surface area contributed by atoms with Crippen molar-refractivity contribution < 1.29 is 22.0 Å². The monoisotopic (exact) mass is 370 g/mol. The maximum atomic E-state index is 13.2. The van der Waals surface area contributed by atoms with Gasteiger partial charge in [0, 0.05) is 4.83 Å². The van der Waals surface area contributed by atoms with Gasteiger partial charge < -0.3 is 0 Å². The van der Waals surface area contributed by atoms with Crippen LogP contribution in [0, 0.1) is 23.5 Å². The first-order valence-electron chi connectivity index (χ1n) is 6.92. The average molecular weight is 371 g/mol. The van der Waals surface area contributed by atoms with Crippen molar-refractivity contribution in [3.8, 4) is 0 Å². The Balaban J connectivity index is 1.99. The van der Waals surface area contributed by atoms with Crippen molar-refractivity contribution in [2.75, 3.05) is 0 Å². The molecule has 0 radical (unpaired) electrons. The number of halogens is 6. The normalized spacial score (nSPS) is 24.9. The van der Waals surface area contributed by atoms with E-state index < -0.39 is 23.7 Å². The lowest BCUT2D eigenvalue weighted by Crippen LogP contribution is -2.32. The van der Waals surface area contributed by atoms with E-state index in [2.05, 4.69) is 15.9 Å². The molecule has 1 aliphatic rings. The lowest BCUT2D eigenvalue weighted by atomic mass is 9.78. The Kier molecular flexibility index (Phi) is 5.28. The van der Waals surface area contributed by atoms with Crippen molar-refractivity contribution in [3.63, 3.8) is 0 Å². The van der Waals surface area contributed by atoms with E-state index in [-0.39, 0.29) is 23.6 Å². The van der Waals surface area contributed by atoms with Gasteiger partial charge in [-0.15, -0.1) is 0 Å². The summed E-state index contributed by atoms with van der Waals surface area (Å²) >= 11 is 3.43. The van der Waals surface area contributed by atoms with Gasteiger partial charge in [-0.2, -0.15) is 13.2 Å². The average Bonchev–Trinajstić information content (AvgIpc) is 2.42. The van der Waals surface area contributed by atoms with Crippen LogP contribution in [0.1, 0.15) is 31.2 Å². The van der Waals surface area contributed by atoms with Gasteiger partial charge in [0.1, 0.15) is 0 Å². The summed E-state index contributed by atoms with van der Waals surface area (Å²) in [6.07, 6.45) is -2.19. The minimum atomic E-state index is -4.15. The molecule has 0 nitrogen and oxygen atoms in total. The lowest BCUT2D eigenvalue weighted by molar-refractivity contribution is -0.185. The zero-order chi connectivity index (χ0) is 15.6. The molecule has 118 valence electrons. The summed E-state index contributed by atoms with van der Waals surface area (Å²) in [5.74, 6) is -3.19. The molecule has 1 aromatic carbocycles. The minimum Gasteiger partial charge on any atom is -0.204 e. The summed E-state index contributed by atoms with van der Waals surface area (Å²) in [4.78, 5) is -0.160. The summed E-state index contributed by atoms with van der Waals surface area (Å²) in [5.41, 5.74) is 0.588. The topological polar surface area (TPSA) is 0 Å². The summed E-state index contributed by atoms with van der Waals surface area (Å²) in [7, 11) is 0. The van der Waals surface area contributed by atoms with Crippen molar-refractivity contribution in [1.82, 2.24) is 0 Å². The molecule has 0 saturated heterocycles. The highest BCUT2D eigenvalue weighted by Crippen LogP contribution is 2.42. The van der Waals surface area contributed by atoms with Crippen LogP contribution in [0.5, 0.6) is 0 Å². The van der Waals surface area contributed by atoms with E-state index in [9.17, 15) is 22.0 Å². The maximum absolute atomic E-state index is 13.2. The molecule has 1 aliphatic carbocycles. The Morgan fingerprint density at radius 1 is 1.14 bits per heavy atom. The van der Waals surface area contributed by atoms with E-state index in [1.165, 1.54) is 6.07 Å². The molecule has 2 rings (SSSR count). The molecular weight excluding hydrogens is 355 g/mol. The zero-order valence-corrected chi connectivity index (χ0v) is 12.9. The molecule has 6 heteroatoms. The number of hydrogen-bond donors (Lipinski definition) is 0. The van der Waals surface area contributed by atoms with Gasteiger partial charge in [-0.25, -0.2) is 8.78 Å². The number of rotatable bonds is 3. The van der Waals surface area contributed by atoms with E-state index in [1.54, 1.807) is 0 Å². The number of alkyl halides is 4. The fourth-order valence-corrected chi connectivity index (χ4v) is 3.77. The van der Waals surface area contributed by atoms with Crippen LogP contribution in [-0.4, -0.2) is 11.0 Å². The van der Waals surface area contributed by atoms with Crippen LogP contribution in [-0.2, 0) is 6.42 Å². The molecule has 0 aliphatic heterocycles. The van der Waals surface area contributed by atoms with Gasteiger partial charge in [-0.3, -0.25) is 0 Å². The van der Waals surface area contributed by atoms with Crippen LogP contribution in [0.25, 0.3) is 0 Å². The van der Waals surface area contributed by atoms with Crippen molar-refractivity contribution >= 4 is 15.9 Å². The molecular formula is C15H16BrF5. The molecule has 1 saturated carbocycles. The first-order valence-corrected chi connectivity index (χ1v) is 7.83. The van der Waals surface area contributed by atoms with E-state index >= 15 is 0 Å². The molecule has 0 aromatic heterocycles. The molecule has 0 spiro atoms. The Bertz CT molecular complexity index is 485. The molecule has 0 amide bonds. The van der Waals surface area contributed by atoms with Gasteiger partial charge in [0.05, 0.1) is 5.92 Å². The quantitative estimate of drug-likeness (QED) is 0.477. The summed E-state index contributed by atoms with van der Waals surface area (Å²) < 4.78 is 64.4. The van der Waals surface area contributed by atoms with Crippen molar-refractivity contribution in [3.05, 3.63) is 35.4 Å². The van der Waals surface area contributed by atoms with Gasteiger partial charge in [0.2, 0.25) is 0 Å². The number of benzene rings is 1. The summed E-state index contributed by atoms with van der Waals surface area (Å²) in [5, 5.41) is 0. The maximum Gasteiger partial charge on any atom is 0.391 e. The second-order valence-electron chi connectivity index (χ2n) is 5.63. The van der Waals surface area contributed by atoms with Gasteiger partial charge in [0.25, 0.3) is 0 Å². The van der Waals surface area contributed by atoms with Crippen molar-refractivity contribution in [1.29, 1.82) is 0 Å². The predicted molar refractivity (Wildman–Crippen MR) is 74.3 cm³/mol. The lowest BCUT2D eigenvalue weighted by Gasteiger charge is -2.33. The molecule has 1 fully saturated rings. The molecule has 1 aromatic rings. The second kappa shape index (κ2) is 6.63. The van der Waals surface area contributed by atoms with E-state index in [1.807, 2.05) is 0 Å². The predicted octanol–water partition coefficient (Wildman–Crippen LogP) is 5.64. The van der Waals surface area contributed by atoms with Crippen molar-refractivity contribution in [2.45, 2.75) is 43.1 Å². The van der Waals surface area contributed by atoms with E-state index in [0.29, 0.717) is 18.4 Å². The number of hydrogen-bond acceptors (Lipinski definition) is 0. The Morgan fingerprint density at radius 3 is 2.48 bits per heavy atom. The molecule has 0 N–H and O–H groups in total. The fourth-order valence-electron chi connectivity index (χ4n) is 2.91. The third kappa shape index (κ3) is 4.41. The molecule has 0 bridgehead atoms. The van der Waals surface area contributed by atoms with Crippen molar-refractivity contribution in [2.24, 2.45) is 11.8 Å². The third-order valence-corrected chi connectivity index (χ3v) is 5.18. The van der Waals surface area contributed by atoms with Gasteiger partial charge in [0.15, 0.2) is 11.6 Å². The van der Waals surface area contributed by atoms with E-state index in [4.69, 9.17) is 0 Å². The molecule has 21 heavy (non-hydrogen) atoms. The van der Waals surface area contributed by atoms with Crippen LogP contribution in [0.2, 0.25) is 0 Å². The van der Waals surface area contributed by atoms with Gasteiger partial charge >= 0.3 is 6.18 Å². The van der Waals surface area contributed by atoms with Crippen LogP contribution in [0.15, 0.2) is 18.2 Å². The summed E-state index contributed by atoms with van der Waals surface area (Å²) in [6, 6.07) is 3.62. The van der Waals surface area contributed by atoms with Crippen LogP contribution >= 0.6 is 15.9 Å². The Morgan fingerprint density at radius 2 is 1.86 bits per heavy atom. The highest BCUT2D eigenvalue weighted by Gasteiger charge is 2.43. The van der Waals surface area contributed by atoms with Gasteiger partial charge in [-0.1, -0.05) is 28.4 Å². The highest BCUT2D eigenvalue weighted by atomic mass is 79.9. The fraction of sp³-hybridized carbons (Fsp3) is 0.600. The largest absolute Gasteiger partial charge is 0.391 e. The third-order valence-electron chi connectivity index (χ3n) is 4.10. The molecule has 3 unspecified atom stereocenters. The Hall–Kier alpha value is -0.650. The standard InChI is InChI=1S/C15H16BrF5/c16-12(6-9-4-5-13(17)14(18)7-9)10-2-1-3-11(8-10)15(19,20)21/h4-5,7,10-12H,1-3,6,8H2. The minimum absolute atomic E-state index is 0.0986. The highest BCUT2D eigenvalue weighted by molar-refractivity contribution is 9.09. The first-order chi connectivity index (χ1) is 9.77. The van der Waals surface area contributed by atoms with E-state index in [0.717, 1.165) is 18.6 Å². The summed E-state index contributed by atoms with van der Waals surface area (Å²) in [6.45, 7) is 0. The smallest absolute Gasteiger partial charge is 0.204 e. The SMILES string of the molecule is Fc1ccc(CC(Br)C2CCCC(C(F)(F)F)C2)cc1F. The van der Waals surface area contributed by atoms with Crippen LogP contribution in [0.4, 0.5) is 22.0 Å². The van der Waals surface area contributed by atoms with Crippen LogP contribution in [0.3, 0.4) is 0 Å². The van der Waals surface area contributed by atoms with Gasteiger partial charge in [-0.05, 0) is 49.3 Å². The second-order valence-corrected chi connectivity index (χ2v) is 6.81. The first kappa shape index (κ1) is 16.7. The zero-order valence-electron chi connectivity index (χ0n) is 11.3. The molecule has 3 atom stereocenters.